The van der Waals surface area contributed by atoms with E-state index in [1.54, 1.807) is 0 Å². The van der Waals surface area contributed by atoms with Crippen LogP contribution in [0.5, 0.6) is 0 Å². The van der Waals surface area contributed by atoms with Crippen molar-refractivity contribution in [3.05, 3.63) is 0 Å². The second-order valence-electron chi connectivity index (χ2n) is 5.01. The summed E-state index contributed by atoms with van der Waals surface area (Å²) >= 11 is 0. The molecule has 0 saturated heterocycles. The highest BCUT2D eigenvalue weighted by Gasteiger charge is 2.17. The van der Waals surface area contributed by atoms with Crippen LogP contribution < -0.4 is 5.32 Å². The summed E-state index contributed by atoms with van der Waals surface area (Å²) in [5.41, 5.74) is 0. The Hall–Kier alpha value is -0.0800. The predicted molar refractivity (Wildman–Crippen MR) is 67.0 cm³/mol. The molecule has 1 aliphatic rings. The third-order valence-corrected chi connectivity index (χ3v) is 3.61. The highest BCUT2D eigenvalue weighted by Crippen LogP contribution is 2.18. The van der Waals surface area contributed by atoms with Crippen LogP contribution in [-0.2, 0) is 0 Å². The van der Waals surface area contributed by atoms with Gasteiger partial charge in [0.25, 0.3) is 0 Å². The molecule has 1 unspecified atom stereocenters. The van der Waals surface area contributed by atoms with Crippen molar-refractivity contribution < 1.29 is 0 Å². The van der Waals surface area contributed by atoms with Gasteiger partial charge in [0, 0.05) is 6.04 Å². The van der Waals surface area contributed by atoms with Crippen LogP contribution in [0.25, 0.3) is 0 Å². The first-order chi connectivity index (χ1) is 7.24. The number of rotatable bonds is 6. The Balaban J connectivity index is 2.17. The molecule has 0 bridgehead atoms. The van der Waals surface area contributed by atoms with Crippen molar-refractivity contribution in [2.24, 2.45) is 0 Å². The average Bonchev–Trinajstić information content (AvgIpc) is 2.27. The molecule has 0 aromatic heterocycles. The summed E-state index contributed by atoms with van der Waals surface area (Å²) < 4.78 is 0. The molecule has 2 heteroatoms. The molecule has 0 radical (unpaired) electrons. The number of nitrogens with zero attached hydrogens (tertiary/aromatic N) is 1. The van der Waals surface area contributed by atoms with Gasteiger partial charge in [-0.2, -0.15) is 0 Å². The van der Waals surface area contributed by atoms with Gasteiger partial charge in [0.2, 0.25) is 0 Å². The van der Waals surface area contributed by atoms with Crippen LogP contribution in [-0.4, -0.2) is 30.7 Å². The molecule has 1 atom stereocenters. The molecule has 0 aromatic rings. The van der Waals surface area contributed by atoms with Gasteiger partial charge >= 0.3 is 0 Å². The highest BCUT2D eigenvalue weighted by atomic mass is 15.2. The third kappa shape index (κ3) is 4.98. The summed E-state index contributed by atoms with van der Waals surface area (Å²) in [6.45, 7) is 5.77. The highest BCUT2D eigenvalue weighted by molar-refractivity contribution is 4.74. The van der Waals surface area contributed by atoms with Crippen LogP contribution in [0.3, 0.4) is 0 Å². The van der Waals surface area contributed by atoms with E-state index in [9.17, 15) is 0 Å². The van der Waals surface area contributed by atoms with E-state index >= 15 is 0 Å². The van der Waals surface area contributed by atoms with E-state index in [0.717, 1.165) is 6.04 Å². The van der Waals surface area contributed by atoms with Gasteiger partial charge in [0.15, 0.2) is 0 Å². The molecule has 0 heterocycles. The fourth-order valence-electron chi connectivity index (χ4n) is 2.34. The van der Waals surface area contributed by atoms with Crippen molar-refractivity contribution in [1.29, 1.82) is 0 Å². The number of hydrogen-bond acceptors (Lipinski definition) is 2. The minimum atomic E-state index is 0.541. The Morgan fingerprint density at radius 1 is 1.27 bits per heavy atom. The van der Waals surface area contributed by atoms with Gasteiger partial charge < -0.3 is 0 Å². The second-order valence-corrected chi connectivity index (χ2v) is 5.01. The van der Waals surface area contributed by atoms with E-state index < -0.39 is 0 Å². The summed E-state index contributed by atoms with van der Waals surface area (Å²) in [7, 11) is 2.23. The first-order valence-corrected chi connectivity index (χ1v) is 6.70. The predicted octanol–water partition coefficient (Wildman–Crippen LogP) is 2.99. The van der Waals surface area contributed by atoms with Gasteiger partial charge in [-0.15, -0.1) is 0 Å². The Kier molecular flexibility index (Phi) is 6.26. The quantitative estimate of drug-likeness (QED) is 0.681. The second kappa shape index (κ2) is 7.24. The van der Waals surface area contributed by atoms with Crippen LogP contribution >= 0.6 is 0 Å². The summed E-state index contributed by atoms with van der Waals surface area (Å²) in [5.74, 6) is 0. The molecule has 1 fully saturated rings. The molecule has 90 valence electrons. The molecular weight excluding hydrogens is 184 g/mol. The lowest BCUT2D eigenvalue weighted by Crippen LogP contribution is -2.47. The van der Waals surface area contributed by atoms with Crippen molar-refractivity contribution in [2.75, 3.05) is 13.6 Å². The number of unbranched alkanes of at least 4 members (excludes halogenated alkanes) is 1. The van der Waals surface area contributed by atoms with Gasteiger partial charge in [-0.05, 0) is 39.8 Å². The molecule has 0 spiro atoms. The Bertz CT molecular complexity index is 153. The van der Waals surface area contributed by atoms with Crippen molar-refractivity contribution in [3.63, 3.8) is 0 Å². The van der Waals surface area contributed by atoms with Gasteiger partial charge in [0.05, 0.1) is 6.17 Å². The van der Waals surface area contributed by atoms with E-state index in [1.807, 2.05) is 0 Å². The maximum Gasteiger partial charge on any atom is 0.0567 e. The fourth-order valence-corrected chi connectivity index (χ4v) is 2.34. The normalized spacial score (nSPS) is 20.8. The Labute approximate surface area is 95.4 Å². The smallest absolute Gasteiger partial charge is 0.0567 e. The lowest BCUT2D eigenvalue weighted by molar-refractivity contribution is 0.186. The van der Waals surface area contributed by atoms with Crippen molar-refractivity contribution in [1.82, 2.24) is 10.2 Å². The first kappa shape index (κ1) is 13.0. The number of nitrogens with one attached hydrogen (secondary N) is 1. The summed E-state index contributed by atoms with van der Waals surface area (Å²) in [6.07, 6.45) is 10.2. The number of hydrogen-bond donors (Lipinski definition) is 1. The lowest BCUT2D eigenvalue weighted by atomic mass is 9.95. The molecule has 1 N–H and O–H groups in total. The van der Waals surface area contributed by atoms with E-state index in [1.165, 1.54) is 51.5 Å². The molecule has 1 saturated carbocycles. The van der Waals surface area contributed by atoms with Gasteiger partial charge in [-0.25, -0.2) is 0 Å². The third-order valence-electron chi connectivity index (χ3n) is 3.61. The largest absolute Gasteiger partial charge is 0.299 e. The lowest BCUT2D eigenvalue weighted by Gasteiger charge is -2.32. The zero-order chi connectivity index (χ0) is 11.1. The molecule has 0 aliphatic heterocycles. The molecule has 0 aromatic carbocycles. The summed E-state index contributed by atoms with van der Waals surface area (Å²) in [4.78, 5) is 2.44. The summed E-state index contributed by atoms with van der Waals surface area (Å²) in [6, 6.07) is 0.776. The van der Waals surface area contributed by atoms with Crippen LogP contribution in [0.1, 0.15) is 58.8 Å². The minimum Gasteiger partial charge on any atom is -0.299 e. The van der Waals surface area contributed by atoms with Crippen molar-refractivity contribution in [3.8, 4) is 0 Å². The van der Waals surface area contributed by atoms with E-state index in [2.05, 4.69) is 31.1 Å². The van der Waals surface area contributed by atoms with Crippen LogP contribution in [0.15, 0.2) is 0 Å². The van der Waals surface area contributed by atoms with Crippen molar-refractivity contribution in [2.45, 2.75) is 71.0 Å². The van der Waals surface area contributed by atoms with Crippen LogP contribution in [0, 0.1) is 0 Å². The Morgan fingerprint density at radius 3 is 2.53 bits per heavy atom. The van der Waals surface area contributed by atoms with Gasteiger partial charge in [-0.1, -0.05) is 32.6 Å². The zero-order valence-corrected chi connectivity index (χ0v) is 10.8. The fraction of sp³-hybridized carbons (Fsp3) is 1.00. The average molecular weight is 212 g/mol. The standard InChI is InChI=1S/C13H28N2/c1-4-5-11-15(3)12(2)14-13-9-7-6-8-10-13/h12-14H,4-11H2,1-3H3. The molecule has 15 heavy (non-hydrogen) atoms. The SMILES string of the molecule is CCCCN(C)C(C)NC1CCCCC1. The van der Waals surface area contributed by atoms with E-state index in [-0.39, 0.29) is 0 Å². The monoisotopic (exact) mass is 212 g/mol. The van der Waals surface area contributed by atoms with Crippen molar-refractivity contribution >= 4 is 0 Å². The van der Waals surface area contributed by atoms with Gasteiger partial charge in [-0.3, -0.25) is 10.2 Å². The van der Waals surface area contributed by atoms with E-state index in [0.29, 0.717) is 6.17 Å². The molecular formula is C13H28N2. The molecule has 2 nitrogen and oxygen atoms in total. The summed E-state index contributed by atoms with van der Waals surface area (Å²) in [5, 5.41) is 3.75. The topological polar surface area (TPSA) is 15.3 Å². The maximum atomic E-state index is 3.75. The van der Waals surface area contributed by atoms with Gasteiger partial charge in [0.1, 0.15) is 0 Å². The molecule has 1 rings (SSSR count). The van der Waals surface area contributed by atoms with E-state index in [4.69, 9.17) is 0 Å². The van der Waals surface area contributed by atoms with Crippen LogP contribution in [0.2, 0.25) is 0 Å². The molecule has 0 amide bonds. The maximum absolute atomic E-state index is 3.75. The minimum absolute atomic E-state index is 0.541. The molecule has 1 aliphatic carbocycles. The Morgan fingerprint density at radius 2 is 1.93 bits per heavy atom. The first-order valence-electron chi connectivity index (χ1n) is 6.70. The zero-order valence-electron chi connectivity index (χ0n) is 10.8. The van der Waals surface area contributed by atoms with Crippen LogP contribution in [0.4, 0.5) is 0 Å².